The molecule has 0 amide bonds. The molecule has 0 N–H and O–H groups in total. The van der Waals surface area contributed by atoms with E-state index >= 15 is 0 Å². The summed E-state index contributed by atoms with van der Waals surface area (Å²) in [5.41, 5.74) is 3.51. The minimum atomic E-state index is -1.73. The molecule has 1 saturated heterocycles. The molecule has 1 aromatic carbocycles. The number of nitrogens with zero attached hydrogens (tertiary/aromatic N) is 7. The maximum atomic E-state index is 6.66. The van der Waals surface area contributed by atoms with Crippen molar-refractivity contribution in [3.63, 3.8) is 0 Å². The van der Waals surface area contributed by atoms with Crippen LogP contribution >= 0.6 is 22.2 Å². The fraction of sp³-hybridized carbons (Fsp3) is 0.185. The molecule has 0 aliphatic carbocycles. The molecule has 4 aromatic heterocycles. The van der Waals surface area contributed by atoms with Gasteiger partial charge in [0.25, 0.3) is 0 Å². The van der Waals surface area contributed by atoms with Crippen LogP contribution in [0.5, 0.6) is 5.88 Å². The number of para-hydroxylation sites is 1. The largest absolute Gasteiger partial charge is 0.481 e. The van der Waals surface area contributed by atoms with E-state index in [1.165, 1.54) is 0 Å². The van der Waals surface area contributed by atoms with Crippen molar-refractivity contribution in [1.29, 1.82) is 0 Å². The van der Waals surface area contributed by atoms with E-state index in [2.05, 4.69) is 30.4 Å². The molecule has 5 heterocycles. The summed E-state index contributed by atoms with van der Waals surface area (Å²) in [7, 11) is -0.176. The first-order chi connectivity index (χ1) is 19.4. The Hall–Kier alpha value is -4.10. The highest BCUT2D eigenvalue weighted by atomic mass is 35.5. The Morgan fingerprint density at radius 2 is 1.80 bits per heavy atom. The first-order valence-corrected chi connectivity index (χ1v) is 14.4. The summed E-state index contributed by atoms with van der Waals surface area (Å²) in [6.07, 6.45) is 5.30. The van der Waals surface area contributed by atoms with Gasteiger partial charge >= 0.3 is 0 Å². The zero-order valence-electron chi connectivity index (χ0n) is 22.0. The molecule has 1 aliphatic rings. The molecule has 204 valence electrons. The molecule has 40 heavy (non-hydrogen) atoms. The summed E-state index contributed by atoms with van der Waals surface area (Å²) >= 11 is 6.66. The molecule has 0 unspecified atom stereocenters. The van der Waals surface area contributed by atoms with Crippen LogP contribution in [-0.2, 0) is 8.37 Å². The number of rotatable bonds is 7. The highest BCUT2D eigenvalue weighted by Gasteiger charge is 2.28. The Balaban J connectivity index is 1.43. The third kappa shape index (κ3) is 4.64. The monoisotopic (exact) mass is 577 g/mol. The Morgan fingerprint density at radius 1 is 0.975 bits per heavy atom. The van der Waals surface area contributed by atoms with Crippen LogP contribution in [0.25, 0.3) is 39.8 Å². The molecule has 11 nitrogen and oxygen atoms in total. The summed E-state index contributed by atoms with van der Waals surface area (Å²) in [5.74, 6) is 2.21. The van der Waals surface area contributed by atoms with E-state index in [1.807, 2.05) is 61.1 Å². The van der Waals surface area contributed by atoms with Crippen LogP contribution in [0.15, 0.2) is 70.2 Å². The van der Waals surface area contributed by atoms with Crippen molar-refractivity contribution in [2.75, 3.05) is 20.2 Å². The van der Waals surface area contributed by atoms with Gasteiger partial charge in [-0.1, -0.05) is 23.7 Å². The second-order valence-electron chi connectivity index (χ2n) is 8.89. The van der Waals surface area contributed by atoms with Gasteiger partial charge < -0.3 is 9.15 Å². The van der Waals surface area contributed by atoms with Crippen molar-refractivity contribution >= 4 is 33.3 Å². The van der Waals surface area contributed by atoms with Crippen molar-refractivity contribution < 1.29 is 17.5 Å². The molecule has 0 spiro atoms. The number of methoxy groups -OCH3 is 1. The van der Waals surface area contributed by atoms with E-state index in [1.54, 1.807) is 31.6 Å². The summed E-state index contributed by atoms with van der Waals surface area (Å²) < 4.78 is 24.4. The Bertz CT molecular complexity index is 1730. The van der Waals surface area contributed by atoms with Gasteiger partial charge in [-0.05, 0) is 44.2 Å². The Kier molecular flexibility index (Phi) is 6.84. The summed E-state index contributed by atoms with van der Waals surface area (Å²) in [5, 5.41) is 18.1. The van der Waals surface area contributed by atoms with E-state index in [4.69, 9.17) is 29.1 Å². The fourth-order valence-corrected chi connectivity index (χ4v) is 5.53. The number of ether oxygens (including phenoxy) is 1. The number of hydrogen-bond acceptors (Lipinski definition) is 10. The first kappa shape index (κ1) is 26.1. The second kappa shape index (κ2) is 10.5. The van der Waals surface area contributed by atoms with Crippen molar-refractivity contribution in [1.82, 2.24) is 34.9 Å². The zero-order chi connectivity index (χ0) is 27.9. The quantitative estimate of drug-likeness (QED) is 0.227. The molecule has 13 heteroatoms. The molecule has 0 atom stereocenters. The summed E-state index contributed by atoms with van der Waals surface area (Å²) in [6, 6.07) is 14.8. The highest BCUT2D eigenvalue weighted by molar-refractivity contribution is 8.26. The van der Waals surface area contributed by atoms with E-state index in [0.717, 1.165) is 16.0 Å². The maximum absolute atomic E-state index is 6.66. The molecular weight excluding hydrogens is 554 g/mol. The van der Waals surface area contributed by atoms with Gasteiger partial charge in [0.05, 0.1) is 28.9 Å². The molecule has 0 saturated carbocycles. The minimum Gasteiger partial charge on any atom is -0.481 e. The van der Waals surface area contributed by atoms with Crippen LogP contribution in [0.2, 0.25) is 5.02 Å². The van der Waals surface area contributed by atoms with Gasteiger partial charge in [0.1, 0.15) is 5.69 Å². The zero-order valence-corrected chi connectivity index (χ0v) is 23.6. The lowest BCUT2D eigenvalue weighted by Crippen LogP contribution is -2.20. The standard InChI is InChI=1S/C27H24ClN7O4S/c1-16(17(2)26-33-34-27(39-26)18-11-12-29-23(13-18)36-3)24-31-32-25(35(24)22-8-6-5-7-20(22)28)21-10-9-19(14-30-21)40(4)37-15-38-40/h5-14H,15H2,1-4H3/b17-16+. The normalized spacial score (nSPS) is 15.7. The average molecular weight is 578 g/mol. The van der Waals surface area contributed by atoms with E-state index < -0.39 is 10.6 Å². The molecule has 1 fully saturated rings. The van der Waals surface area contributed by atoms with Crippen molar-refractivity contribution in [3.8, 4) is 34.5 Å². The third-order valence-electron chi connectivity index (χ3n) is 6.53. The molecule has 5 aromatic rings. The van der Waals surface area contributed by atoms with Crippen LogP contribution < -0.4 is 4.74 Å². The van der Waals surface area contributed by atoms with Crippen LogP contribution in [0.1, 0.15) is 25.6 Å². The number of pyridine rings is 2. The van der Waals surface area contributed by atoms with Crippen LogP contribution in [0.3, 0.4) is 0 Å². The van der Waals surface area contributed by atoms with Gasteiger partial charge in [-0.2, -0.15) is 10.6 Å². The second-order valence-corrected chi connectivity index (χ2v) is 11.8. The predicted octanol–water partition coefficient (Wildman–Crippen LogP) is 6.01. The molecule has 6 rings (SSSR count). The lowest BCUT2D eigenvalue weighted by Gasteiger charge is -2.46. The van der Waals surface area contributed by atoms with E-state index in [0.29, 0.717) is 58.1 Å². The van der Waals surface area contributed by atoms with Gasteiger partial charge in [-0.25, -0.2) is 13.4 Å². The predicted molar refractivity (Wildman–Crippen MR) is 151 cm³/mol. The van der Waals surface area contributed by atoms with Crippen LogP contribution in [-0.4, -0.2) is 55.1 Å². The minimum absolute atomic E-state index is 0.293. The smallest absolute Gasteiger partial charge is 0.248 e. The van der Waals surface area contributed by atoms with Crippen molar-refractivity contribution in [3.05, 3.63) is 77.7 Å². The topological polar surface area (TPSA) is 123 Å². The molecule has 0 radical (unpaired) electrons. The van der Waals surface area contributed by atoms with Crippen LogP contribution in [0.4, 0.5) is 0 Å². The Labute approximate surface area is 236 Å². The van der Waals surface area contributed by atoms with Crippen molar-refractivity contribution in [2.24, 2.45) is 0 Å². The lowest BCUT2D eigenvalue weighted by atomic mass is 10.1. The number of benzene rings is 1. The molecular formula is C27H24ClN7O4S. The first-order valence-electron chi connectivity index (χ1n) is 12.1. The maximum Gasteiger partial charge on any atom is 0.248 e. The fourth-order valence-electron chi connectivity index (χ4n) is 4.09. The number of aromatic nitrogens is 7. The SMILES string of the molecule is COc1cc(-c2nnc(/C(C)=C(\C)c3nnc(-c4ccc(S5(C)OCO5)cn4)n3-c3ccccc3Cl)o2)ccn1. The van der Waals surface area contributed by atoms with Gasteiger partial charge in [0, 0.05) is 35.2 Å². The Morgan fingerprint density at radius 3 is 2.50 bits per heavy atom. The average Bonchev–Trinajstić information content (AvgIpc) is 3.64. The third-order valence-corrected chi connectivity index (χ3v) is 9.04. The summed E-state index contributed by atoms with van der Waals surface area (Å²) in [4.78, 5) is 9.67. The lowest BCUT2D eigenvalue weighted by molar-refractivity contribution is 0.0489. The number of halogens is 1. The summed E-state index contributed by atoms with van der Waals surface area (Å²) in [6.45, 7) is 4.10. The highest BCUT2D eigenvalue weighted by Crippen LogP contribution is 2.60. The van der Waals surface area contributed by atoms with E-state index in [9.17, 15) is 0 Å². The number of hydrogen-bond donors (Lipinski definition) is 0. The van der Waals surface area contributed by atoms with Gasteiger partial charge in [0.2, 0.25) is 17.7 Å². The van der Waals surface area contributed by atoms with Gasteiger partial charge in [0.15, 0.2) is 18.4 Å². The van der Waals surface area contributed by atoms with Gasteiger partial charge in [-0.15, -0.1) is 20.4 Å². The number of allylic oxidation sites excluding steroid dienone is 2. The van der Waals surface area contributed by atoms with Gasteiger partial charge in [-0.3, -0.25) is 9.55 Å². The molecule has 0 bridgehead atoms. The molecule has 1 aliphatic heterocycles. The van der Waals surface area contributed by atoms with Crippen molar-refractivity contribution in [2.45, 2.75) is 18.7 Å². The van der Waals surface area contributed by atoms with Crippen LogP contribution in [0, 0.1) is 0 Å². The van der Waals surface area contributed by atoms with E-state index in [-0.39, 0.29) is 0 Å².